The van der Waals surface area contributed by atoms with Gasteiger partial charge < -0.3 is 15.0 Å². The van der Waals surface area contributed by atoms with Crippen LogP contribution in [0.2, 0.25) is 5.02 Å². The monoisotopic (exact) mass is 311 g/mol. The second kappa shape index (κ2) is 6.87. The molecule has 7 heteroatoms. The number of carbonyl (C=O) groups excluding carboxylic acids is 2. The van der Waals surface area contributed by atoms with Gasteiger partial charge in [-0.25, -0.2) is 4.98 Å². The molecule has 0 aliphatic carbocycles. The van der Waals surface area contributed by atoms with Crippen LogP contribution in [0.25, 0.3) is 0 Å². The van der Waals surface area contributed by atoms with Gasteiger partial charge in [0.1, 0.15) is 5.82 Å². The second-order valence-corrected chi connectivity index (χ2v) is 5.54. The third-order valence-electron chi connectivity index (χ3n) is 3.45. The SMILES string of the molecule is COC[C@@H](C)N1C[C@H](C(=O)Nc2ccc(Cl)cn2)CC1=O. The molecule has 1 saturated heterocycles. The van der Waals surface area contributed by atoms with Gasteiger partial charge in [-0.05, 0) is 19.1 Å². The summed E-state index contributed by atoms with van der Waals surface area (Å²) in [6.07, 6.45) is 1.68. The summed E-state index contributed by atoms with van der Waals surface area (Å²) >= 11 is 5.74. The number of amides is 2. The molecule has 1 aromatic heterocycles. The van der Waals surface area contributed by atoms with Crippen molar-refractivity contribution in [3.63, 3.8) is 0 Å². The van der Waals surface area contributed by atoms with Gasteiger partial charge in [0.15, 0.2) is 0 Å². The van der Waals surface area contributed by atoms with Gasteiger partial charge in [-0.1, -0.05) is 11.6 Å². The quantitative estimate of drug-likeness (QED) is 0.895. The van der Waals surface area contributed by atoms with Crippen molar-refractivity contribution in [3.05, 3.63) is 23.4 Å². The van der Waals surface area contributed by atoms with Crippen molar-refractivity contribution in [2.75, 3.05) is 25.6 Å². The fourth-order valence-corrected chi connectivity index (χ4v) is 2.45. The summed E-state index contributed by atoms with van der Waals surface area (Å²) in [4.78, 5) is 29.8. The van der Waals surface area contributed by atoms with Crippen molar-refractivity contribution < 1.29 is 14.3 Å². The first-order valence-corrected chi connectivity index (χ1v) is 7.10. The highest BCUT2D eigenvalue weighted by atomic mass is 35.5. The molecule has 1 N–H and O–H groups in total. The number of anilines is 1. The Labute approximate surface area is 128 Å². The number of methoxy groups -OCH3 is 1. The molecule has 0 saturated carbocycles. The highest BCUT2D eigenvalue weighted by Crippen LogP contribution is 2.22. The van der Waals surface area contributed by atoms with Gasteiger partial charge in [-0.2, -0.15) is 0 Å². The summed E-state index contributed by atoms with van der Waals surface area (Å²) < 4.78 is 5.05. The normalized spacial score (nSPS) is 19.7. The van der Waals surface area contributed by atoms with E-state index in [9.17, 15) is 9.59 Å². The minimum Gasteiger partial charge on any atom is -0.383 e. The van der Waals surface area contributed by atoms with Crippen LogP contribution in [-0.4, -0.2) is 48.0 Å². The van der Waals surface area contributed by atoms with Gasteiger partial charge in [0.2, 0.25) is 11.8 Å². The first-order chi connectivity index (χ1) is 10.0. The Hall–Kier alpha value is -1.66. The second-order valence-electron chi connectivity index (χ2n) is 5.10. The lowest BCUT2D eigenvalue weighted by atomic mass is 10.1. The number of hydrogen-bond acceptors (Lipinski definition) is 4. The summed E-state index contributed by atoms with van der Waals surface area (Å²) in [6, 6.07) is 3.24. The Morgan fingerprint density at radius 1 is 1.62 bits per heavy atom. The Kier molecular flexibility index (Phi) is 5.14. The van der Waals surface area contributed by atoms with Gasteiger partial charge in [0.25, 0.3) is 0 Å². The minimum atomic E-state index is -0.366. The molecule has 0 bridgehead atoms. The predicted octanol–water partition coefficient (Wildman–Crippen LogP) is 1.56. The smallest absolute Gasteiger partial charge is 0.230 e. The topological polar surface area (TPSA) is 71.5 Å². The van der Waals surface area contributed by atoms with Gasteiger partial charge in [-0.15, -0.1) is 0 Å². The third-order valence-corrected chi connectivity index (χ3v) is 3.67. The fourth-order valence-electron chi connectivity index (χ4n) is 2.34. The Bertz CT molecular complexity index is 521. The van der Waals surface area contributed by atoms with Crippen molar-refractivity contribution in [2.24, 2.45) is 5.92 Å². The van der Waals surface area contributed by atoms with E-state index in [1.165, 1.54) is 6.20 Å². The maximum absolute atomic E-state index is 12.2. The summed E-state index contributed by atoms with van der Waals surface area (Å²) in [5.74, 6) is -0.163. The molecule has 1 aromatic rings. The van der Waals surface area contributed by atoms with Crippen LogP contribution in [0.5, 0.6) is 0 Å². The third kappa shape index (κ3) is 3.92. The van der Waals surface area contributed by atoms with Crippen molar-refractivity contribution >= 4 is 29.2 Å². The number of pyridine rings is 1. The van der Waals surface area contributed by atoms with Gasteiger partial charge >= 0.3 is 0 Å². The maximum Gasteiger partial charge on any atom is 0.230 e. The molecule has 0 aromatic carbocycles. The molecule has 1 fully saturated rings. The molecule has 0 radical (unpaired) electrons. The number of halogens is 1. The maximum atomic E-state index is 12.2. The van der Waals surface area contributed by atoms with Crippen LogP contribution in [0.15, 0.2) is 18.3 Å². The number of hydrogen-bond donors (Lipinski definition) is 1. The van der Waals surface area contributed by atoms with Crippen LogP contribution in [0.1, 0.15) is 13.3 Å². The van der Waals surface area contributed by atoms with E-state index < -0.39 is 0 Å². The van der Waals surface area contributed by atoms with E-state index in [0.717, 1.165) is 0 Å². The highest BCUT2D eigenvalue weighted by molar-refractivity contribution is 6.30. The first-order valence-electron chi connectivity index (χ1n) is 6.72. The van der Waals surface area contributed by atoms with E-state index in [2.05, 4.69) is 10.3 Å². The number of aromatic nitrogens is 1. The molecular formula is C14H18ClN3O3. The number of nitrogens with one attached hydrogen (secondary N) is 1. The zero-order chi connectivity index (χ0) is 15.4. The van der Waals surface area contributed by atoms with Crippen LogP contribution in [0.3, 0.4) is 0 Å². The molecule has 1 aliphatic heterocycles. The van der Waals surface area contributed by atoms with Crippen LogP contribution in [0, 0.1) is 5.92 Å². The lowest BCUT2D eigenvalue weighted by Gasteiger charge is -2.23. The van der Waals surface area contributed by atoms with Crippen molar-refractivity contribution in [1.82, 2.24) is 9.88 Å². The summed E-state index contributed by atoms with van der Waals surface area (Å²) in [5.41, 5.74) is 0. The molecule has 0 spiro atoms. The Morgan fingerprint density at radius 3 is 3.00 bits per heavy atom. The van der Waals surface area contributed by atoms with E-state index in [0.29, 0.717) is 24.0 Å². The Morgan fingerprint density at radius 2 is 2.38 bits per heavy atom. The molecule has 1 aliphatic rings. The number of ether oxygens (including phenoxy) is 1. The van der Waals surface area contributed by atoms with Crippen LogP contribution >= 0.6 is 11.6 Å². The number of nitrogens with zero attached hydrogens (tertiary/aromatic N) is 2. The van der Waals surface area contributed by atoms with Gasteiger partial charge in [0.05, 0.1) is 23.6 Å². The standard InChI is InChI=1S/C14H18ClN3O3/c1-9(8-21-2)18-7-10(5-13(18)19)14(20)17-12-4-3-11(15)6-16-12/h3-4,6,9-10H,5,7-8H2,1-2H3,(H,16,17,20)/t9-,10-/m1/s1. The highest BCUT2D eigenvalue weighted by Gasteiger charge is 2.36. The largest absolute Gasteiger partial charge is 0.383 e. The number of rotatable bonds is 5. The average Bonchev–Trinajstić information content (AvgIpc) is 2.84. The molecule has 2 heterocycles. The summed E-state index contributed by atoms with van der Waals surface area (Å²) in [7, 11) is 1.59. The van der Waals surface area contributed by atoms with E-state index in [1.807, 2.05) is 6.92 Å². The van der Waals surface area contributed by atoms with Gasteiger partial charge in [-0.3, -0.25) is 9.59 Å². The minimum absolute atomic E-state index is 0.0243. The molecule has 2 atom stereocenters. The van der Waals surface area contributed by atoms with Crippen molar-refractivity contribution in [2.45, 2.75) is 19.4 Å². The van der Waals surface area contributed by atoms with E-state index in [4.69, 9.17) is 16.3 Å². The molecule has 2 rings (SSSR count). The lowest BCUT2D eigenvalue weighted by molar-refractivity contribution is -0.130. The van der Waals surface area contributed by atoms with Crippen LogP contribution < -0.4 is 5.32 Å². The molecular weight excluding hydrogens is 294 g/mol. The average molecular weight is 312 g/mol. The van der Waals surface area contributed by atoms with Crippen LogP contribution in [-0.2, 0) is 14.3 Å². The number of likely N-dealkylation sites (tertiary alicyclic amines) is 1. The molecule has 114 valence electrons. The first kappa shape index (κ1) is 15.7. The van der Waals surface area contributed by atoms with E-state index >= 15 is 0 Å². The van der Waals surface area contributed by atoms with Crippen molar-refractivity contribution in [1.29, 1.82) is 0 Å². The Balaban J connectivity index is 1.95. The zero-order valence-corrected chi connectivity index (χ0v) is 12.8. The summed E-state index contributed by atoms with van der Waals surface area (Å²) in [6.45, 7) is 2.77. The van der Waals surface area contributed by atoms with Crippen molar-refractivity contribution in [3.8, 4) is 0 Å². The number of carbonyl (C=O) groups is 2. The summed E-state index contributed by atoms with van der Waals surface area (Å²) in [5, 5.41) is 3.21. The fraction of sp³-hybridized carbons (Fsp3) is 0.500. The van der Waals surface area contributed by atoms with E-state index in [1.54, 1.807) is 24.1 Å². The molecule has 21 heavy (non-hydrogen) atoms. The molecule has 6 nitrogen and oxygen atoms in total. The van der Waals surface area contributed by atoms with E-state index in [-0.39, 0.29) is 30.2 Å². The molecule has 0 unspecified atom stereocenters. The molecule has 2 amide bonds. The predicted molar refractivity (Wildman–Crippen MR) is 79.0 cm³/mol. The lowest BCUT2D eigenvalue weighted by Crippen LogP contribution is -2.38. The zero-order valence-electron chi connectivity index (χ0n) is 12.0. The van der Waals surface area contributed by atoms with Crippen LogP contribution in [0.4, 0.5) is 5.82 Å². The van der Waals surface area contributed by atoms with Gasteiger partial charge in [0, 0.05) is 26.3 Å².